The number of hydrogen-bond donors (Lipinski definition) is 0. The third-order valence-electron chi connectivity index (χ3n) is 3.33. The summed E-state index contributed by atoms with van der Waals surface area (Å²) in [5.74, 6) is -0.296. The first kappa shape index (κ1) is 17.7. The molecular weight excluding hydrogens is 290 g/mol. The number of carbonyl (C=O) groups excluding carboxylic acids is 2. The Balaban J connectivity index is 2.46. The van der Waals surface area contributed by atoms with Crippen LogP contribution in [-0.4, -0.2) is 36.9 Å². The lowest BCUT2D eigenvalue weighted by molar-refractivity contribution is -0.144. The summed E-state index contributed by atoms with van der Waals surface area (Å²) in [6.07, 6.45) is 0.359. The summed E-state index contributed by atoms with van der Waals surface area (Å²) < 4.78 is 4.81. The van der Waals surface area contributed by atoms with E-state index in [0.717, 1.165) is 5.56 Å². The standard InChI is InChI=1S/C16H22ClNO3/c1-4-21-16(20)9-8-15(19)11-18(3)12(2)13-6-5-7-14(17)10-13/h5-7,10,12H,4,8-9,11H2,1-3H3. The lowest BCUT2D eigenvalue weighted by Crippen LogP contribution is -2.29. The van der Waals surface area contributed by atoms with Crippen LogP contribution in [0.4, 0.5) is 0 Å². The highest BCUT2D eigenvalue weighted by atomic mass is 35.5. The summed E-state index contributed by atoms with van der Waals surface area (Å²) in [6.45, 7) is 4.41. The largest absolute Gasteiger partial charge is 0.466 e. The molecule has 0 spiro atoms. The Morgan fingerprint density at radius 1 is 1.33 bits per heavy atom. The van der Waals surface area contributed by atoms with Gasteiger partial charge in [0.05, 0.1) is 19.6 Å². The van der Waals surface area contributed by atoms with Crippen molar-refractivity contribution in [3.8, 4) is 0 Å². The van der Waals surface area contributed by atoms with Gasteiger partial charge in [-0.3, -0.25) is 14.5 Å². The smallest absolute Gasteiger partial charge is 0.306 e. The zero-order chi connectivity index (χ0) is 15.8. The van der Waals surface area contributed by atoms with Gasteiger partial charge in [-0.25, -0.2) is 0 Å². The highest BCUT2D eigenvalue weighted by Gasteiger charge is 2.16. The molecule has 0 saturated carbocycles. The average Bonchev–Trinajstić information content (AvgIpc) is 2.44. The second kappa shape index (κ2) is 8.80. The number of Topliss-reactive ketones (excluding diaryl/α,β-unsaturated/α-hetero) is 1. The van der Waals surface area contributed by atoms with Gasteiger partial charge < -0.3 is 4.74 Å². The van der Waals surface area contributed by atoms with Crippen LogP contribution >= 0.6 is 11.6 Å². The molecular formula is C16H22ClNO3. The number of rotatable bonds is 8. The number of ketones is 1. The van der Waals surface area contributed by atoms with Crippen LogP contribution in [-0.2, 0) is 14.3 Å². The number of hydrogen-bond acceptors (Lipinski definition) is 4. The van der Waals surface area contributed by atoms with Crippen LogP contribution in [0.1, 0.15) is 38.3 Å². The van der Waals surface area contributed by atoms with Crippen molar-refractivity contribution in [3.63, 3.8) is 0 Å². The van der Waals surface area contributed by atoms with Crippen LogP contribution in [0.15, 0.2) is 24.3 Å². The predicted octanol–water partition coefficient (Wildman–Crippen LogP) is 3.25. The molecule has 0 fully saturated rings. The highest BCUT2D eigenvalue weighted by molar-refractivity contribution is 6.30. The maximum absolute atomic E-state index is 11.9. The molecule has 1 aromatic carbocycles. The number of carbonyl (C=O) groups is 2. The number of benzene rings is 1. The van der Waals surface area contributed by atoms with Crippen LogP contribution in [0.3, 0.4) is 0 Å². The zero-order valence-corrected chi connectivity index (χ0v) is 13.5. The van der Waals surface area contributed by atoms with Crippen LogP contribution in [0.25, 0.3) is 0 Å². The van der Waals surface area contributed by atoms with Gasteiger partial charge in [-0.05, 0) is 38.6 Å². The second-order valence-corrected chi connectivity index (χ2v) is 5.43. The van der Waals surface area contributed by atoms with Gasteiger partial charge in [0.15, 0.2) is 0 Å². The molecule has 0 aliphatic rings. The number of halogens is 1. The molecule has 0 aliphatic carbocycles. The molecule has 0 bridgehead atoms. The van der Waals surface area contributed by atoms with Gasteiger partial charge in [-0.1, -0.05) is 23.7 Å². The molecule has 1 aromatic rings. The molecule has 116 valence electrons. The maximum atomic E-state index is 11.9. The third-order valence-corrected chi connectivity index (χ3v) is 3.57. The maximum Gasteiger partial charge on any atom is 0.306 e. The van der Waals surface area contributed by atoms with Crippen molar-refractivity contribution >= 4 is 23.4 Å². The topological polar surface area (TPSA) is 46.6 Å². The summed E-state index contributed by atoms with van der Waals surface area (Å²) in [7, 11) is 1.88. The van der Waals surface area contributed by atoms with E-state index in [9.17, 15) is 9.59 Å². The van der Waals surface area contributed by atoms with Gasteiger partial charge >= 0.3 is 5.97 Å². The minimum absolute atomic E-state index is 0.0273. The molecule has 4 nitrogen and oxygen atoms in total. The van der Waals surface area contributed by atoms with Crippen LogP contribution in [0.5, 0.6) is 0 Å². The van der Waals surface area contributed by atoms with E-state index in [-0.39, 0.29) is 30.6 Å². The number of nitrogens with zero attached hydrogens (tertiary/aromatic N) is 1. The summed E-state index contributed by atoms with van der Waals surface area (Å²) in [5.41, 5.74) is 1.06. The van der Waals surface area contributed by atoms with Crippen molar-refractivity contribution in [2.75, 3.05) is 20.2 Å². The Morgan fingerprint density at radius 3 is 2.67 bits per heavy atom. The molecule has 21 heavy (non-hydrogen) atoms. The van der Waals surface area contributed by atoms with Crippen molar-refractivity contribution in [3.05, 3.63) is 34.9 Å². The van der Waals surface area contributed by atoms with Gasteiger partial charge in [-0.2, -0.15) is 0 Å². The fourth-order valence-electron chi connectivity index (χ4n) is 1.99. The Morgan fingerprint density at radius 2 is 2.05 bits per heavy atom. The first-order valence-corrected chi connectivity index (χ1v) is 7.44. The minimum atomic E-state index is -0.323. The average molecular weight is 312 g/mol. The van der Waals surface area contributed by atoms with Crippen molar-refractivity contribution in [1.29, 1.82) is 0 Å². The molecule has 0 heterocycles. The van der Waals surface area contributed by atoms with E-state index in [0.29, 0.717) is 18.2 Å². The molecule has 0 N–H and O–H groups in total. The van der Waals surface area contributed by atoms with Crippen molar-refractivity contribution in [2.24, 2.45) is 0 Å². The molecule has 0 aliphatic heterocycles. The Labute approximate surface area is 131 Å². The number of esters is 1. The molecule has 1 unspecified atom stereocenters. The molecule has 1 rings (SSSR count). The third kappa shape index (κ3) is 6.27. The molecule has 0 aromatic heterocycles. The Kier molecular flexibility index (Phi) is 7.40. The molecule has 0 radical (unpaired) electrons. The zero-order valence-electron chi connectivity index (χ0n) is 12.8. The van der Waals surface area contributed by atoms with Crippen molar-refractivity contribution < 1.29 is 14.3 Å². The van der Waals surface area contributed by atoms with Gasteiger partial charge in [0.25, 0.3) is 0 Å². The van der Waals surface area contributed by atoms with Gasteiger partial charge in [0.1, 0.15) is 5.78 Å². The first-order valence-electron chi connectivity index (χ1n) is 7.07. The number of likely N-dealkylation sites (N-methyl/N-ethyl adjacent to an activating group) is 1. The lowest BCUT2D eigenvalue weighted by atomic mass is 10.1. The van der Waals surface area contributed by atoms with Crippen LogP contribution < -0.4 is 0 Å². The van der Waals surface area contributed by atoms with Crippen LogP contribution in [0.2, 0.25) is 5.02 Å². The molecule has 5 heteroatoms. The molecule has 1 atom stereocenters. The monoisotopic (exact) mass is 311 g/mol. The quantitative estimate of drug-likeness (QED) is 0.691. The van der Waals surface area contributed by atoms with Gasteiger partial charge in [0, 0.05) is 17.5 Å². The van der Waals surface area contributed by atoms with Crippen molar-refractivity contribution in [1.82, 2.24) is 4.90 Å². The first-order chi connectivity index (χ1) is 9.93. The normalized spacial score (nSPS) is 12.2. The molecule has 0 amide bonds. The van der Waals surface area contributed by atoms with E-state index in [4.69, 9.17) is 16.3 Å². The summed E-state index contributed by atoms with van der Waals surface area (Å²) in [5, 5.41) is 0.682. The summed E-state index contributed by atoms with van der Waals surface area (Å²) in [6, 6.07) is 7.67. The minimum Gasteiger partial charge on any atom is -0.466 e. The van der Waals surface area contributed by atoms with Crippen LogP contribution in [0, 0.1) is 0 Å². The van der Waals surface area contributed by atoms with Gasteiger partial charge in [0.2, 0.25) is 0 Å². The fourth-order valence-corrected chi connectivity index (χ4v) is 2.19. The van der Waals surface area contributed by atoms with E-state index in [1.165, 1.54) is 0 Å². The fraction of sp³-hybridized carbons (Fsp3) is 0.500. The van der Waals surface area contributed by atoms with E-state index in [1.807, 2.05) is 43.1 Å². The lowest BCUT2D eigenvalue weighted by Gasteiger charge is -2.24. The van der Waals surface area contributed by atoms with E-state index >= 15 is 0 Å². The van der Waals surface area contributed by atoms with E-state index < -0.39 is 0 Å². The molecule has 0 saturated heterocycles. The van der Waals surface area contributed by atoms with E-state index in [2.05, 4.69) is 0 Å². The summed E-state index contributed by atoms with van der Waals surface area (Å²) >= 11 is 5.98. The van der Waals surface area contributed by atoms with Crippen molar-refractivity contribution in [2.45, 2.75) is 32.7 Å². The highest BCUT2D eigenvalue weighted by Crippen LogP contribution is 2.21. The van der Waals surface area contributed by atoms with E-state index in [1.54, 1.807) is 6.92 Å². The Hall–Kier alpha value is -1.39. The second-order valence-electron chi connectivity index (χ2n) is 4.99. The predicted molar refractivity (Wildman–Crippen MR) is 83.4 cm³/mol. The Bertz CT molecular complexity index is 490. The SMILES string of the molecule is CCOC(=O)CCC(=O)CN(C)C(C)c1cccc(Cl)c1. The number of ether oxygens (including phenoxy) is 1. The van der Waals surface area contributed by atoms with Gasteiger partial charge in [-0.15, -0.1) is 0 Å². The summed E-state index contributed by atoms with van der Waals surface area (Å²) in [4.78, 5) is 25.1.